The number of nitrogens with zero attached hydrogens (tertiary/aromatic N) is 5. The first kappa shape index (κ1) is 32.4. The zero-order valence-electron chi connectivity index (χ0n) is 26.1. The summed E-state index contributed by atoms with van der Waals surface area (Å²) in [4.78, 5) is 34.3. The van der Waals surface area contributed by atoms with Gasteiger partial charge in [-0.1, -0.05) is 5.16 Å². The number of aromatic nitrogens is 4. The molecule has 0 aliphatic carbocycles. The standard InChI is InChI=1S/C16H21N3O.C15H18N2O.H3NO/c1-8-9(2)11(4)15-14(10(8)3)12(5)17-16(18-15)13(6)19-20-7;1-7-8(2)10(4)14-13(9(7)3)11(5)16-15(17-14)12(6)18;1-2/h1-7H3;1-6H3;2H,1H2/b19-13+;;. The predicted molar refractivity (Wildman–Crippen MR) is 162 cm³/mol. The Morgan fingerprint density at radius 1 is 0.600 bits per heavy atom. The molecule has 214 valence electrons. The smallest absolute Gasteiger partial charge is 0.196 e. The molecule has 40 heavy (non-hydrogen) atoms. The van der Waals surface area contributed by atoms with E-state index < -0.39 is 0 Å². The van der Waals surface area contributed by atoms with E-state index in [1.807, 2.05) is 20.8 Å². The second-order valence-electron chi connectivity index (χ2n) is 10.1. The molecular weight excluding hydrogens is 504 g/mol. The van der Waals surface area contributed by atoms with E-state index >= 15 is 0 Å². The number of hydrogen-bond donors (Lipinski definition) is 2. The van der Waals surface area contributed by atoms with Crippen LogP contribution in [-0.2, 0) is 4.84 Å². The summed E-state index contributed by atoms with van der Waals surface area (Å²) in [5, 5.41) is 12.7. The van der Waals surface area contributed by atoms with Crippen molar-refractivity contribution in [2.24, 2.45) is 11.1 Å². The molecule has 0 saturated heterocycles. The summed E-state index contributed by atoms with van der Waals surface area (Å²) in [5.41, 5.74) is 14.4. The minimum Gasteiger partial charge on any atom is -0.399 e. The zero-order chi connectivity index (χ0) is 30.6. The van der Waals surface area contributed by atoms with E-state index in [9.17, 15) is 4.79 Å². The van der Waals surface area contributed by atoms with Crippen LogP contribution in [0.25, 0.3) is 21.8 Å². The van der Waals surface area contributed by atoms with Crippen molar-refractivity contribution in [3.63, 3.8) is 0 Å². The van der Waals surface area contributed by atoms with Gasteiger partial charge in [0.15, 0.2) is 17.4 Å². The minimum atomic E-state index is -0.0877. The fourth-order valence-electron chi connectivity index (χ4n) is 4.94. The Hall–Kier alpha value is -3.82. The first-order chi connectivity index (χ1) is 18.7. The lowest BCUT2D eigenvalue weighted by Gasteiger charge is -2.15. The van der Waals surface area contributed by atoms with Crippen LogP contribution in [-0.4, -0.2) is 43.7 Å². The predicted octanol–water partition coefficient (Wildman–Crippen LogP) is 6.25. The molecule has 0 unspecified atom stereocenters. The molecule has 2 aromatic heterocycles. The number of nitrogens with two attached hydrogens (primary N) is 1. The van der Waals surface area contributed by atoms with Crippen molar-refractivity contribution in [3.8, 4) is 0 Å². The lowest BCUT2D eigenvalue weighted by atomic mass is 9.94. The summed E-state index contributed by atoms with van der Waals surface area (Å²) in [5.74, 6) is 4.35. The Balaban J connectivity index is 0.000000265. The molecule has 0 amide bonds. The molecule has 4 aromatic rings. The Bertz CT molecular complexity index is 1640. The van der Waals surface area contributed by atoms with Gasteiger partial charge in [-0.2, -0.15) is 0 Å². The number of carbonyl (C=O) groups excluding carboxylic acids is 1. The number of rotatable bonds is 3. The van der Waals surface area contributed by atoms with Crippen LogP contribution in [0.2, 0.25) is 0 Å². The summed E-state index contributed by atoms with van der Waals surface area (Å²) in [6.45, 7) is 24.2. The molecule has 4 rings (SSSR count). The van der Waals surface area contributed by atoms with Gasteiger partial charge in [0.2, 0.25) is 0 Å². The van der Waals surface area contributed by atoms with Gasteiger partial charge in [0.05, 0.1) is 11.0 Å². The van der Waals surface area contributed by atoms with Crippen molar-refractivity contribution in [3.05, 3.63) is 67.5 Å². The molecule has 3 N–H and O–H groups in total. The highest BCUT2D eigenvalue weighted by molar-refractivity contribution is 5.98. The highest BCUT2D eigenvalue weighted by Crippen LogP contribution is 2.30. The van der Waals surface area contributed by atoms with Crippen LogP contribution in [0.5, 0.6) is 0 Å². The SMILES string of the molecule is CC(=O)c1nc(C)c2c(C)c(C)c(C)c(C)c2n1.CO/N=C(\C)c1nc(C)c2c(C)c(C)c(C)c(C)c2n1.NO. The lowest BCUT2D eigenvalue weighted by molar-refractivity contribution is 0.100. The number of ketones is 1. The van der Waals surface area contributed by atoms with E-state index in [0.29, 0.717) is 17.4 Å². The Morgan fingerprint density at radius 2 is 0.950 bits per heavy atom. The second-order valence-corrected chi connectivity index (χ2v) is 10.1. The summed E-state index contributed by atoms with van der Waals surface area (Å²) in [7, 11) is 1.53. The van der Waals surface area contributed by atoms with Crippen LogP contribution in [0, 0.1) is 69.2 Å². The molecule has 0 bridgehead atoms. The maximum atomic E-state index is 11.5. The average Bonchev–Trinajstić information content (AvgIpc) is 2.93. The number of Topliss-reactive ketones (excluding diaryl/α,β-unsaturated/α-hetero) is 1. The Kier molecular flexibility index (Phi) is 10.5. The third-order valence-corrected chi connectivity index (χ3v) is 7.88. The van der Waals surface area contributed by atoms with Crippen LogP contribution < -0.4 is 5.90 Å². The van der Waals surface area contributed by atoms with Crippen LogP contribution >= 0.6 is 0 Å². The van der Waals surface area contributed by atoms with Gasteiger partial charge >= 0.3 is 0 Å². The molecule has 0 fully saturated rings. The molecule has 0 atom stereocenters. The first-order valence-corrected chi connectivity index (χ1v) is 13.1. The summed E-state index contributed by atoms with van der Waals surface area (Å²) >= 11 is 0. The van der Waals surface area contributed by atoms with Gasteiger partial charge in [-0.05, 0) is 121 Å². The summed E-state index contributed by atoms with van der Waals surface area (Å²) in [6, 6.07) is 0. The minimum absolute atomic E-state index is 0.0877. The fourth-order valence-corrected chi connectivity index (χ4v) is 4.94. The number of carbonyl (C=O) groups is 1. The van der Waals surface area contributed by atoms with Crippen LogP contribution in [0.1, 0.15) is 86.2 Å². The van der Waals surface area contributed by atoms with Gasteiger partial charge in [-0.25, -0.2) is 25.8 Å². The van der Waals surface area contributed by atoms with Gasteiger partial charge in [-0.15, -0.1) is 0 Å². The molecule has 0 radical (unpaired) electrons. The molecule has 2 aromatic carbocycles. The van der Waals surface area contributed by atoms with Gasteiger partial charge in [0, 0.05) is 29.1 Å². The second kappa shape index (κ2) is 13.0. The van der Waals surface area contributed by atoms with Crippen molar-refractivity contribution >= 4 is 33.3 Å². The van der Waals surface area contributed by atoms with Crippen LogP contribution in [0.3, 0.4) is 0 Å². The molecule has 9 heteroatoms. The zero-order valence-corrected chi connectivity index (χ0v) is 26.1. The van der Waals surface area contributed by atoms with Crippen molar-refractivity contribution in [2.75, 3.05) is 7.11 Å². The molecule has 9 nitrogen and oxygen atoms in total. The highest BCUT2D eigenvalue weighted by atomic mass is 16.6. The van der Waals surface area contributed by atoms with E-state index in [2.05, 4.69) is 81.4 Å². The lowest BCUT2D eigenvalue weighted by Crippen LogP contribution is -2.08. The normalized spacial score (nSPS) is 11.1. The molecule has 2 heterocycles. The molecule has 0 aliphatic rings. The maximum Gasteiger partial charge on any atom is 0.196 e. The summed E-state index contributed by atoms with van der Waals surface area (Å²) in [6.07, 6.45) is 0. The highest BCUT2D eigenvalue weighted by Gasteiger charge is 2.17. The first-order valence-electron chi connectivity index (χ1n) is 13.1. The number of fused-ring (bicyclic) bond motifs is 2. The molecule has 0 aliphatic heterocycles. The van der Waals surface area contributed by atoms with E-state index in [-0.39, 0.29) is 5.78 Å². The van der Waals surface area contributed by atoms with Crippen LogP contribution in [0.15, 0.2) is 5.16 Å². The Morgan fingerprint density at radius 3 is 1.32 bits per heavy atom. The number of benzene rings is 2. The third kappa shape index (κ3) is 6.00. The van der Waals surface area contributed by atoms with Gasteiger partial charge < -0.3 is 10.0 Å². The number of oxime groups is 1. The number of aryl methyl sites for hydroxylation is 6. The topological polar surface area (TPSA) is 136 Å². The van der Waals surface area contributed by atoms with E-state index in [0.717, 1.165) is 38.8 Å². The van der Waals surface area contributed by atoms with Crippen molar-refractivity contribution in [2.45, 2.75) is 83.1 Å². The average molecular weight is 547 g/mol. The largest absolute Gasteiger partial charge is 0.399 e. The fraction of sp³-hybridized carbons (Fsp3) is 0.419. The summed E-state index contributed by atoms with van der Waals surface area (Å²) < 4.78 is 0. The molecule has 0 spiro atoms. The monoisotopic (exact) mass is 546 g/mol. The third-order valence-electron chi connectivity index (χ3n) is 7.88. The van der Waals surface area contributed by atoms with Crippen molar-refractivity contribution < 1.29 is 14.8 Å². The van der Waals surface area contributed by atoms with Crippen molar-refractivity contribution in [1.82, 2.24) is 19.9 Å². The Labute approximate surface area is 236 Å². The van der Waals surface area contributed by atoms with Gasteiger partial charge in [0.1, 0.15) is 12.8 Å². The van der Waals surface area contributed by atoms with Gasteiger partial charge in [0.25, 0.3) is 0 Å². The van der Waals surface area contributed by atoms with Crippen LogP contribution in [0.4, 0.5) is 0 Å². The molecule has 0 saturated carbocycles. The quantitative estimate of drug-likeness (QED) is 0.175. The maximum absolute atomic E-state index is 11.5. The molecular formula is C31H42N6O3. The number of hydrogen-bond acceptors (Lipinski definition) is 9. The van der Waals surface area contributed by atoms with Crippen molar-refractivity contribution in [1.29, 1.82) is 0 Å². The van der Waals surface area contributed by atoms with Gasteiger partial charge in [-0.3, -0.25) is 4.79 Å². The van der Waals surface area contributed by atoms with E-state index in [4.69, 9.17) is 15.0 Å². The van der Waals surface area contributed by atoms with E-state index in [1.54, 1.807) is 0 Å². The van der Waals surface area contributed by atoms with E-state index in [1.165, 1.54) is 53.0 Å².